The number of hydrogen-bond acceptors (Lipinski definition) is 4. The molecule has 0 saturated carbocycles. The Morgan fingerprint density at radius 3 is 2.68 bits per heavy atom. The van der Waals surface area contributed by atoms with Gasteiger partial charge in [-0.3, -0.25) is 9.79 Å². The summed E-state index contributed by atoms with van der Waals surface area (Å²) >= 11 is 0. The van der Waals surface area contributed by atoms with Gasteiger partial charge in [0.25, 0.3) is 0 Å². The van der Waals surface area contributed by atoms with Gasteiger partial charge in [-0.15, -0.1) is 0 Å². The van der Waals surface area contributed by atoms with Crippen LogP contribution in [0.1, 0.15) is 18.1 Å². The van der Waals surface area contributed by atoms with E-state index >= 15 is 0 Å². The maximum absolute atomic E-state index is 11.1. The van der Waals surface area contributed by atoms with Gasteiger partial charge in [0.15, 0.2) is 5.96 Å². The molecular formula is C21H28N4O3. The molecule has 0 heterocycles. The first kappa shape index (κ1) is 21.1. The molecule has 0 aliphatic rings. The molecule has 7 heteroatoms. The highest BCUT2D eigenvalue weighted by atomic mass is 16.5. The molecule has 0 fully saturated rings. The van der Waals surface area contributed by atoms with Crippen LogP contribution in [0.3, 0.4) is 0 Å². The molecular weight excluding hydrogens is 356 g/mol. The Morgan fingerprint density at radius 2 is 1.96 bits per heavy atom. The van der Waals surface area contributed by atoms with E-state index in [0.717, 1.165) is 16.9 Å². The number of benzene rings is 2. The second-order valence-electron chi connectivity index (χ2n) is 6.23. The Labute approximate surface area is 166 Å². The molecule has 2 aromatic rings. The highest BCUT2D eigenvalue weighted by Gasteiger charge is 2.05. The predicted octanol–water partition coefficient (Wildman–Crippen LogP) is 2.71. The molecule has 0 aliphatic carbocycles. The zero-order chi connectivity index (χ0) is 20.4. The summed E-state index contributed by atoms with van der Waals surface area (Å²) in [4.78, 5) is 15.3. The molecule has 7 nitrogen and oxygen atoms in total. The topological polar surface area (TPSA) is 84.0 Å². The first-order valence-electron chi connectivity index (χ1n) is 9.10. The molecule has 0 atom stereocenters. The number of methoxy groups -OCH3 is 1. The minimum atomic E-state index is -0.112. The van der Waals surface area contributed by atoms with Gasteiger partial charge in [0.2, 0.25) is 5.91 Å². The van der Waals surface area contributed by atoms with Crippen molar-refractivity contribution in [3.63, 3.8) is 0 Å². The van der Waals surface area contributed by atoms with E-state index in [2.05, 4.69) is 27.0 Å². The van der Waals surface area contributed by atoms with Crippen LogP contribution < -0.4 is 25.4 Å². The zero-order valence-corrected chi connectivity index (χ0v) is 16.8. The number of nitrogens with zero attached hydrogens (tertiary/aromatic N) is 1. The Hall–Kier alpha value is -3.22. The highest BCUT2D eigenvalue weighted by Crippen LogP contribution is 2.19. The first-order chi connectivity index (χ1) is 13.5. The van der Waals surface area contributed by atoms with Gasteiger partial charge in [-0.25, -0.2) is 0 Å². The molecule has 2 aromatic carbocycles. The molecule has 0 radical (unpaired) electrons. The number of carbonyl (C=O) groups is 1. The summed E-state index contributed by atoms with van der Waals surface area (Å²) in [7, 11) is 3.39. The molecule has 150 valence electrons. The van der Waals surface area contributed by atoms with Crippen LogP contribution in [0.25, 0.3) is 0 Å². The van der Waals surface area contributed by atoms with Crippen molar-refractivity contribution in [2.45, 2.75) is 20.4 Å². The van der Waals surface area contributed by atoms with Gasteiger partial charge < -0.3 is 25.4 Å². The minimum Gasteiger partial charge on any atom is -0.496 e. The summed E-state index contributed by atoms with van der Waals surface area (Å²) in [6.45, 7) is 5.14. The fourth-order valence-corrected chi connectivity index (χ4v) is 2.60. The number of nitrogens with one attached hydrogen (secondary N) is 3. The number of hydrogen-bond donors (Lipinski definition) is 3. The first-order valence-corrected chi connectivity index (χ1v) is 9.10. The van der Waals surface area contributed by atoms with Gasteiger partial charge >= 0.3 is 0 Å². The van der Waals surface area contributed by atoms with Crippen molar-refractivity contribution in [1.29, 1.82) is 0 Å². The summed E-state index contributed by atoms with van der Waals surface area (Å²) in [5.74, 6) is 2.11. The van der Waals surface area contributed by atoms with Crippen LogP contribution in [-0.2, 0) is 11.3 Å². The van der Waals surface area contributed by atoms with E-state index < -0.39 is 0 Å². The van der Waals surface area contributed by atoms with Crippen molar-refractivity contribution in [3.8, 4) is 11.5 Å². The molecule has 2 rings (SSSR count). The molecule has 3 N–H and O–H groups in total. The summed E-state index contributed by atoms with van der Waals surface area (Å²) < 4.78 is 11.1. The highest BCUT2D eigenvalue weighted by molar-refractivity contribution is 5.88. The lowest BCUT2D eigenvalue weighted by Crippen LogP contribution is -2.38. The Morgan fingerprint density at radius 1 is 1.14 bits per heavy atom. The van der Waals surface area contributed by atoms with E-state index in [9.17, 15) is 4.79 Å². The number of rotatable bonds is 8. The Kier molecular flexibility index (Phi) is 8.14. The summed E-state index contributed by atoms with van der Waals surface area (Å²) in [6.07, 6.45) is 0. The summed E-state index contributed by atoms with van der Waals surface area (Å²) in [5.41, 5.74) is 2.92. The van der Waals surface area contributed by atoms with E-state index in [-0.39, 0.29) is 5.91 Å². The van der Waals surface area contributed by atoms with Crippen molar-refractivity contribution in [3.05, 3.63) is 53.6 Å². The Balaban J connectivity index is 1.78. The monoisotopic (exact) mass is 384 g/mol. The third-order valence-electron chi connectivity index (χ3n) is 3.93. The van der Waals surface area contributed by atoms with Crippen molar-refractivity contribution in [2.75, 3.05) is 32.6 Å². The van der Waals surface area contributed by atoms with Gasteiger partial charge in [0.1, 0.15) is 18.1 Å². The van der Waals surface area contributed by atoms with Crippen LogP contribution >= 0.6 is 0 Å². The van der Waals surface area contributed by atoms with E-state index in [1.54, 1.807) is 20.2 Å². The van der Waals surface area contributed by atoms with Gasteiger partial charge in [-0.1, -0.05) is 18.2 Å². The minimum absolute atomic E-state index is 0.112. The van der Waals surface area contributed by atoms with Crippen LogP contribution in [-0.4, -0.2) is 39.2 Å². The molecule has 0 bridgehead atoms. The van der Waals surface area contributed by atoms with Crippen molar-refractivity contribution in [1.82, 2.24) is 10.6 Å². The molecule has 0 aromatic heterocycles. The van der Waals surface area contributed by atoms with Crippen molar-refractivity contribution < 1.29 is 14.3 Å². The van der Waals surface area contributed by atoms with Crippen LogP contribution in [0, 0.1) is 6.92 Å². The molecule has 28 heavy (non-hydrogen) atoms. The van der Waals surface area contributed by atoms with Crippen molar-refractivity contribution >= 4 is 17.6 Å². The summed E-state index contributed by atoms with van der Waals surface area (Å²) in [6, 6.07) is 13.4. The average molecular weight is 384 g/mol. The quantitative estimate of drug-likeness (QED) is 0.370. The smallest absolute Gasteiger partial charge is 0.221 e. The molecule has 0 spiro atoms. The standard InChI is InChI=1S/C21H28N4O3/c1-15-8-9-17(20(12-15)27-4)14-24-21(22-3)23-10-11-28-19-7-5-6-18(13-19)25-16(2)26/h5-9,12-13H,10-11,14H2,1-4H3,(H,25,26)(H2,22,23,24). The number of amides is 1. The zero-order valence-electron chi connectivity index (χ0n) is 16.8. The number of aryl methyl sites for hydroxylation is 1. The van der Waals surface area contributed by atoms with Crippen LogP contribution in [0.5, 0.6) is 11.5 Å². The third kappa shape index (κ3) is 6.83. The number of guanidine groups is 1. The van der Waals surface area contributed by atoms with E-state index in [4.69, 9.17) is 9.47 Å². The van der Waals surface area contributed by atoms with Crippen LogP contribution in [0.2, 0.25) is 0 Å². The number of anilines is 1. The Bertz CT molecular complexity index is 821. The van der Waals surface area contributed by atoms with Crippen LogP contribution in [0.15, 0.2) is 47.5 Å². The average Bonchev–Trinajstić information content (AvgIpc) is 2.68. The normalized spacial score (nSPS) is 10.9. The summed E-state index contributed by atoms with van der Waals surface area (Å²) in [5, 5.41) is 9.21. The molecule has 0 unspecified atom stereocenters. The number of aliphatic imine (C=N–C) groups is 1. The largest absolute Gasteiger partial charge is 0.496 e. The van der Waals surface area contributed by atoms with Crippen molar-refractivity contribution in [2.24, 2.45) is 4.99 Å². The van der Waals surface area contributed by atoms with Gasteiger partial charge in [0.05, 0.1) is 13.7 Å². The fraction of sp³-hybridized carbons (Fsp3) is 0.333. The number of carbonyl (C=O) groups excluding carboxylic acids is 1. The second-order valence-corrected chi connectivity index (χ2v) is 6.23. The predicted molar refractivity (Wildman–Crippen MR) is 112 cm³/mol. The van der Waals surface area contributed by atoms with Crippen LogP contribution in [0.4, 0.5) is 5.69 Å². The second kappa shape index (κ2) is 10.8. The SMILES string of the molecule is CN=C(NCCOc1cccc(NC(C)=O)c1)NCc1ccc(C)cc1OC. The van der Waals surface area contributed by atoms with Gasteiger partial charge in [-0.05, 0) is 30.7 Å². The third-order valence-corrected chi connectivity index (χ3v) is 3.93. The molecule has 0 saturated heterocycles. The maximum Gasteiger partial charge on any atom is 0.221 e. The van der Waals surface area contributed by atoms with Gasteiger partial charge in [0, 0.05) is 37.8 Å². The number of ether oxygens (including phenoxy) is 2. The maximum atomic E-state index is 11.1. The fourth-order valence-electron chi connectivity index (χ4n) is 2.60. The molecule has 1 amide bonds. The lowest BCUT2D eigenvalue weighted by molar-refractivity contribution is -0.114. The van der Waals surface area contributed by atoms with E-state index in [0.29, 0.717) is 37.1 Å². The van der Waals surface area contributed by atoms with E-state index in [1.807, 2.05) is 37.3 Å². The molecule has 0 aliphatic heterocycles. The lowest BCUT2D eigenvalue weighted by atomic mass is 10.1. The van der Waals surface area contributed by atoms with Gasteiger partial charge in [-0.2, -0.15) is 0 Å². The lowest BCUT2D eigenvalue weighted by Gasteiger charge is -2.14. The van der Waals surface area contributed by atoms with E-state index in [1.165, 1.54) is 6.92 Å².